The van der Waals surface area contributed by atoms with Crippen molar-refractivity contribution in [3.05, 3.63) is 41.0 Å². The topological polar surface area (TPSA) is 70.3 Å². The molecule has 0 unspecified atom stereocenters. The number of hydrogen-bond donors (Lipinski definition) is 1. The Morgan fingerprint density at radius 2 is 2.14 bits per heavy atom. The van der Waals surface area contributed by atoms with E-state index in [0.29, 0.717) is 6.07 Å². The minimum absolute atomic E-state index is 0.0530. The molecule has 0 aliphatic carbocycles. The van der Waals surface area contributed by atoms with Gasteiger partial charge in [-0.1, -0.05) is 6.92 Å². The van der Waals surface area contributed by atoms with Gasteiger partial charge in [0.15, 0.2) is 0 Å². The number of rotatable bonds is 5. The molecule has 0 amide bonds. The smallest absolute Gasteiger partial charge is 0.420 e. The number of benzene rings is 1. The normalized spacial score (nSPS) is 11.9. The third-order valence-corrected chi connectivity index (χ3v) is 2.64. The predicted octanol–water partition coefficient (Wildman–Crippen LogP) is 3.38. The molecule has 0 saturated heterocycles. The van der Waals surface area contributed by atoms with Crippen LogP contribution in [0, 0.1) is 11.3 Å². The zero-order valence-electron chi connectivity index (χ0n) is 11.1. The number of nitrogens with zero attached hydrogens (tertiary/aromatic N) is 1. The van der Waals surface area contributed by atoms with E-state index in [0.717, 1.165) is 6.07 Å². The average molecular weight is 299 g/mol. The first-order valence-corrected chi connectivity index (χ1v) is 5.96. The van der Waals surface area contributed by atoms with Crippen molar-refractivity contribution in [3.8, 4) is 11.8 Å². The number of alkyl halides is 3. The highest BCUT2D eigenvalue weighted by Gasteiger charge is 2.34. The quantitative estimate of drug-likeness (QED) is 0.846. The van der Waals surface area contributed by atoms with E-state index in [1.807, 2.05) is 0 Å². The standard InChI is InChI=1S/C14H12F3NO3/c1-2-10(13(19)20)5-6-21-12-4-3-9(8-18)7-11(12)14(15,16)17/h3-5,7H,2,6H2,1H3,(H,19,20)/b10-5-. The van der Waals surface area contributed by atoms with Crippen LogP contribution >= 0.6 is 0 Å². The predicted molar refractivity (Wildman–Crippen MR) is 67.7 cm³/mol. The lowest BCUT2D eigenvalue weighted by molar-refractivity contribution is -0.139. The first kappa shape index (κ1) is 16.6. The third kappa shape index (κ3) is 4.53. The van der Waals surface area contributed by atoms with Gasteiger partial charge < -0.3 is 9.84 Å². The first-order valence-electron chi connectivity index (χ1n) is 5.96. The molecule has 0 spiro atoms. The number of ether oxygens (including phenoxy) is 1. The van der Waals surface area contributed by atoms with Gasteiger partial charge in [-0.2, -0.15) is 18.4 Å². The zero-order chi connectivity index (χ0) is 16.0. The summed E-state index contributed by atoms with van der Waals surface area (Å²) in [4.78, 5) is 10.7. The van der Waals surface area contributed by atoms with Crippen molar-refractivity contribution in [1.82, 2.24) is 0 Å². The molecule has 0 heterocycles. The molecule has 0 fully saturated rings. The van der Waals surface area contributed by atoms with Crippen molar-refractivity contribution in [2.75, 3.05) is 6.61 Å². The van der Waals surface area contributed by atoms with Crippen LogP contribution < -0.4 is 4.74 Å². The van der Waals surface area contributed by atoms with Gasteiger partial charge in [-0.05, 0) is 30.7 Å². The van der Waals surface area contributed by atoms with Crippen LogP contribution in [0.15, 0.2) is 29.8 Å². The summed E-state index contributed by atoms with van der Waals surface area (Å²) in [6, 6.07) is 4.56. The van der Waals surface area contributed by atoms with Crippen LogP contribution in [0.2, 0.25) is 0 Å². The molecule has 0 atom stereocenters. The third-order valence-electron chi connectivity index (χ3n) is 2.64. The summed E-state index contributed by atoms with van der Waals surface area (Å²) in [6.45, 7) is 1.31. The van der Waals surface area contributed by atoms with Crippen LogP contribution in [0.1, 0.15) is 24.5 Å². The lowest BCUT2D eigenvalue weighted by Gasteiger charge is -2.13. The molecule has 0 aromatic heterocycles. The Bertz CT molecular complexity index is 600. The summed E-state index contributed by atoms with van der Waals surface area (Å²) in [5, 5.41) is 17.4. The molecule has 1 aromatic rings. The maximum absolute atomic E-state index is 12.8. The fourth-order valence-corrected chi connectivity index (χ4v) is 1.56. The van der Waals surface area contributed by atoms with Crippen molar-refractivity contribution in [2.24, 2.45) is 0 Å². The largest absolute Gasteiger partial charge is 0.489 e. The lowest BCUT2D eigenvalue weighted by Crippen LogP contribution is -2.10. The van der Waals surface area contributed by atoms with E-state index >= 15 is 0 Å². The van der Waals surface area contributed by atoms with E-state index in [1.165, 1.54) is 12.1 Å². The molecule has 7 heteroatoms. The second-order valence-corrected chi connectivity index (χ2v) is 4.02. The van der Waals surface area contributed by atoms with Crippen molar-refractivity contribution in [1.29, 1.82) is 5.26 Å². The summed E-state index contributed by atoms with van der Waals surface area (Å²) in [5.41, 5.74) is -1.15. The number of halogens is 3. The molecule has 0 aliphatic rings. The van der Waals surface area contributed by atoms with Gasteiger partial charge >= 0.3 is 12.1 Å². The van der Waals surface area contributed by atoms with E-state index in [4.69, 9.17) is 15.1 Å². The van der Waals surface area contributed by atoms with E-state index in [9.17, 15) is 18.0 Å². The maximum atomic E-state index is 12.8. The molecular formula is C14H12F3NO3. The molecular weight excluding hydrogens is 287 g/mol. The molecule has 112 valence electrons. The molecule has 0 bridgehead atoms. The second kappa shape index (κ2) is 6.79. The van der Waals surface area contributed by atoms with Crippen LogP contribution in [-0.2, 0) is 11.0 Å². The van der Waals surface area contributed by atoms with Gasteiger partial charge in [0.1, 0.15) is 12.4 Å². The van der Waals surface area contributed by atoms with E-state index in [-0.39, 0.29) is 24.2 Å². The number of hydrogen-bond acceptors (Lipinski definition) is 3. The Morgan fingerprint density at radius 1 is 1.48 bits per heavy atom. The molecule has 0 aliphatic heterocycles. The summed E-state index contributed by atoms with van der Waals surface area (Å²) in [5.74, 6) is -1.59. The van der Waals surface area contributed by atoms with Crippen LogP contribution in [0.3, 0.4) is 0 Å². The fraction of sp³-hybridized carbons (Fsp3) is 0.286. The molecule has 4 nitrogen and oxygen atoms in total. The fourth-order valence-electron chi connectivity index (χ4n) is 1.56. The number of carbonyl (C=O) groups is 1. The Hall–Kier alpha value is -2.49. The van der Waals surface area contributed by atoms with Gasteiger partial charge in [0.2, 0.25) is 0 Å². The summed E-state index contributed by atoms with van der Waals surface area (Å²) in [6.07, 6.45) is -3.22. The highest BCUT2D eigenvalue weighted by Crippen LogP contribution is 2.36. The Morgan fingerprint density at radius 3 is 2.62 bits per heavy atom. The minimum Gasteiger partial charge on any atom is -0.489 e. The van der Waals surface area contributed by atoms with Crippen molar-refractivity contribution < 1.29 is 27.8 Å². The summed E-state index contributed by atoms with van der Waals surface area (Å²) in [7, 11) is 0. The van der Waals surface area contributed by atoms with Crippen LogP contribution in [0.5, 0.6) is 5.75 Å². The van der Waals surface area contributed by atoms with E-state index < -0.39 is 23.5 Å². The monoisotopic (exact) mass is 299 g/mol. The zero-order valence-corrected chi connectivity index (χ0v) is 11.1. The second-order valence-electron chi connectivity index (χ2n) is 4.02. The summed E-state index contributed by atoms with van der Waals surface area (Å²) >= 11 is 0. The van der Waals surface area contributed by atoms with Crippen molar-refractivity contribution >= 4 is 5.97 Å². The molecule has 21 heavy (non-hydrogen) atoms. The van der Waals surface area contributed by atoms with Gasteiger partial charge in [0.05, 0.1) is 17.2 Å². The molecule has 1 rings (SSSR count). The molecule has 1 aromatic carbocycles. The summed E-state index contributed by atoms with van der Waals surface area (Å²) < 4.78 is 43.5. The Labute approximate surface area is 119 Å². The van der Waals surface area contributed by atoms with E-state index in [1.54, 1.807) is 13.0 Å². The van der Waals surface area contributed by atoms with Crippen molar-refractivity contribution in [3.63, 3.8) is 0 Å². The number of aliphatic carboxylic acids is 1. The van der Waals surface area contributed by atoms with Gasteiger partial charge in [-0.25, -0.2) is 4.79 Å². The van der Waals surface area contributed by atoms with Gasteiger partial charge in [-0.3, -0.25) is 0 Å². The van der Waals surface area contributed by atoms with Gasteiger partial charge in [0, 0.05) is 5.57 Å². The van der Waals surface area contributed by atoms with Crippen LogP contribution in [0.25, 0.3) is 0 Å². The molecule has 1 N–H and O–H groups in total. The average Bonchev–Trinajstić information content (AvgIpc) is 2.42. The first-order chi connectivity index (χ1) is 9.79. The minimum atomic E-state index is -4.66. The van der Waals surface area contributed by atoms with E-state index in [2.05, 4.69) is 0 Å². The molecule has 0 radical (unpaired) electrons. The number of carboxylic acids is 1. The number of carboxylic acid groups (broad SMARTS) is 1. The number of nitriles is 1. The van der Waals surface area contributed by atoms with Crippen LogP contribution in [0.4, 0.5) is 13.2 Å². The van der Waals surface area contributed by atoms with Crippen molar-refractivity contribution in [2.45, 2.75) is 19.5 Å². The van der Waals surface area contributed by atoms with Crippen LogP contribution in [-0.4, -0.2) is 17.7 Å². The highest BCUT2D eigenvalue weighted by atomic mass is 19.4. The SMILES string of the molecule is CC/C(=C/COc1ccc(C#N)cc1C(F)(F)F)C(=O)O. The Kier molecular flexibility index (Phi) is 5.36. The maximum Gasteiger partial charge on any atom is 0.420 e. The highest BCUT2D eigenvalue weighted by molar-refractivity contribution is 5.86. The van der Waals surface area contributed by atoms with Gasteiger partial charge in [0.25, 0.3) is 0 Å². The molecule has 0 saturated carbocycles. The lowest BCUT2D eigenvalue weighted by atomic mass is 10.1. The Balaban J connectivity index is 2.99. The van der Waals surface area contributed by atoms with Gasteiger partial charge in [-0.15, -0.1) is 0 Å².